The number of carbonyl (C=O) groups excluding carboxylic acids is 5. The number of nitrogens with two attached hydrogens (primary N) is 1. The molecule has 1 fully saturated rings. The van der Waals surface area contributed by atoms with Gasteiger partial charge >= 0.3 is 5.97 Å². The van der Waals surface area contributed by atoms with E-state index in [1.807, 2.05) is 0 Å². The summed E-state index contributed by atoms with van der Waals surface area (Å²) in [5.41, 5.74) is 6.49. The zero-order valence-corrected chi connectivity index (χ0v) is 28.3. The van der Waals surface area contributed by atoms with Gasteiger partial charge in [-0.15, -0.1) is 23.1 Å². The third-order valence-electron chi connectivity index (χ3n) is 7.27. The molecule has 2 atom stereocenters. The number of allylic oxidation sites excluding steroid dienone is 2. The predicted molar refractivity (Wildman–Crippen MR) is 179 cm³/mol. The maximum Gasteiger partial charge on any atom is 0.355 e. The van der Waals surface area contributed by atoms with Crippen LogP contribution in [0.25, 0.3) is 0 Å². The van der Waals surface area contributed by atoms with E-state index >= 15 is 0 Å². The van der Waals surface area contributed by atoms with Crippen molar-refractivity contribution in [2.24, 2.45) is 10.9 Å². The van der Waals surface area contributed by atoms with E-state index in [-0.39, 0.29) is 34.8 Å². The zero-order valence-electron chi connectivity index (χ0n) is 26.7. The number of amides is 4. The average molecular weight is 725 g/mol. The van der Waals surface area contributed by atoms with Gasteiger partial charge < -0.3 is 30.7 Å². The highest BCUT2D eigenvalue weighted by atomic mass is 32.2. The molecule has 2 aliphatic heterocycles. The molecule has 4 amide bonds. The number of methoxy groups -OCH3 is 1. The van der Waals surface area contributed by atoms with Crippen LogP contribution < -0.4 is 25.7 Å². The largest absolute Gasteiger partial charge is 0.497 e. The number of hydrogen-bond acceptors (Lipinski definition) is 12. The van der Waals surface area contributed by atoms with Gasteiger partial charge in [0.1, 0.15) is 35.2 Å². The van der Waals surface area contributed by atoms with Crippen molar-refractivity contribution in [3.63, 3.8) is 0 Å². The summed E-state index contributed by atoms with van der Waals surface area (Å²) in [6.07, 6.45) is 6.87. The highest BCUT2D eigenvalue weighted by Gasteiger charge is 2.54. The van der Waals surface area contributed by atoms with Crippen LogP contribution in [-0.2, 0) is 41.9 Å². The standard InChI is InChI=1S/C32H30FN7O8S2/c1-18(41)35-32-36-23(16-50-32)24(38-48-17-33)28(43)37-25-29(44)40-26(31(45)47-14-19-5-7-22(46-2)8-6-19)21(15-49-30(25)40)4-3-11-39-12-9-20(10-13-39)27(34)42/h3-10,12-13,16,25,30H,11,14-15,17H2,1-2H3,(H3-,34,35,36,37,41,42,43)/p+1/b4-3+,38-24-/t25-,30+/m1/s1. The summed E-state index contributed by atoms with van der Waals surface area (Å²) >= 11 is 2.32. The topological polar surface area (TPSA) is 195 Å². The maximum atomic E-state index is 13.6. The minimum atomic E-state index is -1.33. The molecule has 3 aromatic rings. The van der Waals surface area contributed by atoms with Crippen LogP contribution in [0.15, 0.2) is 82.7 Å². The Balaban J connectivity index is 1.35. The van der Waals surface area contributed by atoms with Gasteiger partial charge in [0.25, 0.3) is 18.7 Å². The monoisotopic (exact) mass is 724 g/mol. The van der Waals surface area contributed by atoms with Crippen LogP contribution in [0, 0.1) is 0 Å². The fourth-order valence-electron chi connectivity index (χ4n) is 4.85. The third-order valence-corrected chi connectivity index (χ3v) is 9.33. The van der Waals surface area contributed by atoms with Crippen molar-refractivity contribution in [2.45, 2.75) is 31.5 Å². The van der Waals surface area contributed by atoms with Gasteiger partial charge in [0.15, 0.2) is 29.8 Å². The lowest BCUT2D eigenvalue weighted by Crippen LogP contribution is -2.71. The molecule has 0 radical (unpaired) electrons. The molecule has 0 bridgehead atoms. The number of anilines is 1. The lowest BCUT2D eigenvalue weighted by atomic mass is 10.0. The van der Waals surface area contributed by atoms with Crippen molar-refractivity contribution >= 4 is 63.5 Å². The number of nitrogens with one attached hydrogen (secondary N) is 2. The fraction of sp³-hybridized carbons (Fsp3) is 0.250. The number of halogens is 1. The van der Waals surface area contributed by atoms with Crippen molar-refractivity contribution < 1.29 is 47.2 Å². The first-order valence-corrected chi connectivity index (χ1v) is 16.8. The van der Waals surface area contributed by atoms with Gasteiger partial charge in [-0.3, -0.25) is 24.1 Å². The lowest BCUT2D eigenvalue weighted by Gasteiger charge is -2.49. The van der Waals surface area contributed by atoms with Gasteiger partial charge in [-0.05, 0) is 29.3 Å². The molecule has 1 aromatic carbocycles. The zero-order chi connectivity index (χ0) is 35.8. The number of aromatic nitrogens is 2. The molecule has 4 heterocycles. The first-order chi connectivity index (χ1) is 24.1. The summed E-state index contributed by atoms with van der Waals surface area (Å²) < 4.78 is 25.5. The Bertz CT molecular complexity index is 1880. The molecule has 0 spiro atoms. The number of oxime groups is 1. The van der Waals surface area contributed by atoms with E-state index in [1.54, 1.807) is 65.5 Å². The molecule has 1 saturated heterocycles. The summed E-state index contributed by atoms with van der Waals surface area (Å²) in [5.74, 6) is -2.22. The van der Waals surface area contributed by atoms with Gasteiger partial charge in [0, 0.05) is 30.2 Å². The van der Waals surface area contributed by atoms with E-state index in [0.717, 1.165) is 11.3 Å². The van der Waals surface area contributed by atoms with Gasteiger partial charge in [-0.25, -0.2) is 18.7 Å². The van der Waals surface area contributed by atoms with E-state index in [4.69, 9.17) is 15.2 Å². The van der Waals surface area contributed by atoms with Crippen LogP contribution in [0.1, 0.15) is 28.5 Å². The molecule has 50 heavy (non-hydrogen) atoms. The summed E-state index contributed by atoms with van der Waals surface area (Å²) in [6, 6.07) is 9.04. The van der Waals surface area contributed by atoms with Crippen LogP contribution >= 0.6 is 23.1 Å². The van der Waals surface area contributed by atoms with Crippen LogP contribution in [0.2, 0.25) is 0 Å². The van der Waals surface area contributed by atoms with E-state index in [0.29, 0.717) is 29.0 Å². The molecule has 2 aromatic heterocycles. The molecule has 5 rings (SSSR count). The number of thiazole rings is 1. The number of primary amides is 1. The summed E-state index contributed by atoms with van der Waals surface area (Å²) in [7, 11) is 1.54. The minimum absolute atomic E-state index is 0.0121. The van der Waals surface area contributed by atoms with Crippen molar-refractivity contribution in [3.05, 3.63) is 94.4 Å². The van der Waals surface area contributed by atoms with E-state index in [1.165, 1.54) is 36.1 Å². The quantitative estimate of drug-likeness (QED) is 0.0726. The summed E-state index contributed by atoms with van der Waals surface area (Å²) in [6.45, 7) is 0.261. The number of hydrogen-bond donors (Lipinski definition) is 3. The highest BCUT2D eigenvalue weighted by Crippen LogP contribution is 2.41. The summed E-state index contributed by atoms with van der Waals surface area (Å²) in [5, 5.41) is 9.52. The average Bonchev–Trinajstić information content (AvgIpc) is 3.57. The smallest absolute Gasteiger partial charge is 0.355 e. The van der Waals surface area contributed by atoms with Gasteiger partial charge in [-0.1, -0.05) is 23.4 Å². The number of rotatable bonds is 14. The summed E-state index contributed by atoms with van der Waals surface area (Å²) in [4.78, 5) is 73.2. The molecular weight excluding hydrogens is 694 g/mol. The van der Waals surface area contributed by atoms with Crippen molar-refractivity contribution in [2.75, 3.05) is 25.0 Å². The number of β-lactam (4-membered cyclic amide) rings is 1. The first-order valence-electron chi connectivity index (χ1n) is 14.8. The molecule has 0 saturated carbocycles. The van der Waals surface area contributed by atoms with Crippen LogP contribution in [0.5, 0.6) is 5.75 Å². The number of fused-ring (bicyclic) bond motifs is 1. The molecular formula is C32H31FN7O8S2+. The number of alkyl halides is 1. The first kappa shape index (κ1) is 35.7. The number of benzene rings is 1. The van der Waals surface area contributed by atoms with E-state index in [2.05, 4.69) is 25.6 Å². The molecule has 15 nitrogen and oxygen atoms in total. The van der Waals surface area contributed by atoms with Crippen molar-refractivity contribution in [1.82, 2.24) is 15.2 Å². The maximum absolute atomic E-state index is 13.6. The molecule has 2 aliphatic rings. The predicted octanol–water partition coefficient (Wildman–Crippen LogP) is 1.80. The van der Waals surface area contributed by atoms with Crippen LogP contribution in [-0.4, -0.2) is 76.3 Å². The Morgan fingerprint density at radius 1 is 1.18 bits per heavy atom. The molecule has 0 aliphatic carbocycles. The highest BCUT2D eigenvalue weighted by molar-refractivity contribution is 8.00. The number of esters is 1. The van der Waals surface area contributed by atoms with Crippen LogP contribution in [0.3, 0.4) is 0 Å². The lowest BCUT2D eigenvalue weighted by molar-refractivity contribution is -0.687. The number of carbonyl (C=O) groups is 5. The molecule has 0 unspecified atom stereocenters. The van der Waals surface area contributed by atoms with Gasteiger partial charge in [0.2, 0.25) is 11.8 Å². The van der Waals surface area contributed by atoms with E-state index < -0.39 is 47.7 Å². The van der Waals surface area contributed by atoms with Crippen molar-refractivity contribution in [1.29, 1.82) is 0 Å². The number of nitrogens with zero attached hydrogens (tertiary/aromatic N) is 4. The van der Waals surface area contributed by atoms with Crippen molar-refractivity contribution in [3.8, 4) is 5.75 Å². The van der Waals surface area contributed by atoms with Gasteiger partial charge in [-0.2, -0.15) is 0 Å². The number of thioether (sulfide) groups is 1. The Hall–Kier alpha value is -5.62. The Labute approximate surface area is 292 Å². The van der Waals surface area contributed by atoms with Crippen LogP contribution in [0.4, 0.5) is 9.52 Å². The molecule has 4 N–H and O–H groups in total. The Kier molecular flexibility index (Phi) is 11.6. The van der Waals surface area contributed by atoms with E-state index in [9.17, 15) is 28.4 Å². The Morgan fingerprint density at radius 3 is 2.58 bits per heavy atom. The normalized spacial score (nSPS) is 17.1. The second kappa shape index (κ2) is 16.2. The molecule has 260 valence electrons. The SMILES string of the molecule is COc1ccc(COC(=O)C2=C(/C=C/C[n+]3ccc(C(N)=O)cc3)CS[C@H]3[C@H](NC(=O)/C(=N\OCF)c4csc(NC(C)=O)n4)C(=O)N23)cc1. The Morgan fingerprint density at radius 2 is 1.92 bits per heavy atom. The minimum Gasteiger partial charge on any atom is -0.497 e. The second-order valence-electron chi connectivity index (χ2n) is 10.6. The van der Waals surface area contributed by atoms with Gasteiger partial charge in [0.05, 0.1) is 12.7 Å². The fourth-order valence-corrected chi connectivity index (χ4v) is 6.91. The molecule has 18 heteroatoms. The second-order valence-corrected chi connectivity index (χ2v) is 12.6. The third kappa shape index (κ3) is 8.32. The number of pyridine rings is 1. The number of ether oxygens (including phenoxy) is 2.